The molecular weight excluding hydrogens is 973 g/mol. The molecule has 0 bridgehead atoms. The smallest absolute Gasteiger partial charge is 0.407 e. The first-order valence-corrected chi connectivity index (χ1v) is 23.6. The van der Waals surface area contributed by atoms with Crippen LogP contribution in [0.3, 0.4) is 0 Å². The van der Waals surface area contributed by atoms with Crippen LogP contribution >= 0.6 is 0 Å². The zero-order valence-electron chi connectivity index (χ0n) is 41.2. The number of nitrogens with two attached hydrogens (primary N) is 4. The fourth-order valence-electron chi connectivity index (χ4n) is 7.16. The Kier molecular flexibility index (Phi) is 30.4. The van der Waals surface area contributed by atoms with Crippen molar-refractivity contribution in [3.63, 3.8) is 0 Å². The van der Waals surface area contributed by atoms with Gasteiger partial charge in [-0.05, 0) is 25.0 Å². The molecule has 15 N–H and O–H groups in total. The van der Waals surface area contributed by atoms with Gasteiger partial charge in [-0.15, -0.1) is 6.42 Å². The molecule has 0 aromatic rings. The van der Waals surface area contributed by atoms with Gasteiger partial charge in [0.2, 0.25) is 17.4 Å². The van der Waals surface area contributed by atoms with Gasteiger partial charge in [0.1, 0.15) is 43.7 Å². The Labute approximate surface area is 422 Å². The number of guanidine groups is 2. The minimum Gasteiger partial charge on any atom is -0.480 e. The van der Waals surface area contributed by atoms with E-state index in [0.717, 1.165) is 0 Å². The molecule has 2 rings (SSSR count). The van der Waals surface area contributed by atoms with E-state index in [2.05, 4.69) is 21.2 Å². The Bertz CT molecular complexity index is 1880. The van der Waals surface area contributed by atoms with Crippen molar-refractivity contribution in [3.05, 3.63) is 23.7 Å². The van der Waals surface area contributed by atoms with Gasteiger partial charge in [-0.1, -0.05) is 26.2 Å². The fourth-order valence-corrected chi connectivity index (χ4v) is 7.16. The molecule has 28 nitrogen and oxygen atoms in total. The average Bonchev–Trinajstić information content (AvgIpc) is 3.34. The van der Waals surface area contributed by atoms with E-state index in [-0.39, 0.29) is 89.9 Å². The second-order valence-corrected chi connectivity index (χ2v) is 16.6. The van der Waals surface area contributed by atoms with Crippen molar-refractivity contribution in [1.29, 1.82) is 0 Å². The number of carbonyl (C=O) groups is 5. The number of alkyl carbamates (subject to hydrolysis) is 1. The predicted molar refractivity (Wildman–Crippen MR) is 256 cm³/mol. The molecule has 10 atom stereocenters. The predicted octanol–water partition coefficient (Wildman–Crippen LogP) is -3.51. The number of hydrogen-bond donors (Lipinski definition) is 11. The Balaban J connectivity index is 1.89. The van der Waals surface area contributed by atoms with E-state index in [1.54, 1.807) is 18.7 Å². The third-order valence-corrected chi connectivity index (χ3v) is 11.0. The molecule has 0 saturated carbocycles. The molecule has 0 aromatic heterocycles. The monoisotopic (exact) mass is 1050 g/mol. The number of aliphatic hydroxyl groups is 4. The van der Waals surface area contributed by atoms with Gasteiger partial charge in [0.25, 0.3) is 0 Å². The lowest BCUT2D eigenvalue weighted by Crippen LogP contribution is -2.51. The molecule has 2 amide bonds. The van der Waals surface area contributed by atoms with Crippen LogP contribution in [0, 0.1) is 24.2 Å². The summed E-state index contributed by atoms with van der Waals surface area (Å²) in [6.07, 6.45) is -1.47. The molecule has 414 valence electrons. The molecule has 73 heavy (non-hydrogen) atoms. The van der Waals surface area contributed by atoms with Gasteiger partial charge in [-0.3, -0.25) is 9.59 Å². The van der Waals surface area contributed by atoms with E-state index in [0.29, 0.717) is 45.7 Å². The normalized spacial score (nSPS) is 20.9. The maximum atomic E-state index is 13.3. The van der Waals surface area contributed by atoms with Crippen molar-refractivity contribution >= 4 is 41.8 Å². The lowest BCUT2D eigenvalue weighted by Gasteiger charge is -2.38. The standard InChI is InChI=1S/C45H74N8O20/c1-4-13-65-17-19-68-21-22-69-20-18-66-14-9-35(57)53(11-7-5-6-8-36(58)73-40(31(55)25-54)39-28(3)30(52-44(48)49)24-34(72-39)42(62)63)12-16-67-15-10-50-45(64)70-26-32(56)37(59)38-27(2)29(51-43(46)47)23-33(71-38)41(60)61/h1,23-24,27-32,37-40,54-56,59H,5-22,25-26H2,2-3H3,(H,50,64)(H,60,61)(H,62,63)(H4,46,47,51)(H4,48,49,52)/t27-,28-,29+,30+,31-,32-,37-,38-,39-,40-/m1/s1. The van der Waals surface area contributed by atoms with Crippen LogP contribution < -0.4 is 28.3 Å². The molecule has 0 aromatic carbocycles. The highest BCUT2D eigenvalue weighted by molar-refractivity contribution is 5.85. The van der Waals surface area contributed by atoms with Crippen molar-refractivity contribution in [2.45, 2.75) is 94.7 Å². The quantitative estimate of drug-likeness (QED) is 0.00945. The van der Waals surface area contributed by atoms with Gasteiger partial charge in [0.05, 0.1) is 84.6 Å². The van der Waals surface area contributed by atoms with Crippen molar-refractivity contribution in [2.75, 3.05) is 98.9 Å². The van der Waals surface area contributed by atoms with Crippen molar-refractivity contribution in [3.8, 4) is 12.3 Å². The van der Waals surface area contributed by atoms with Crippen LogP contribution in [0.1, 0.15) is 46.0 Å². The van der Waals surface area contributed by atoms with Crippen molar-refractivity contribution in [2.24, 2.45) is 44.8 Å². The third-order valence-electron chi connectivity index (χ3n) is 11.0. The molecule has 2 heterocycles. The number of aliphatic hydroxyl groups excluding tert-OH is 4. The second kappa shape index (κ2) is 35.2. The number of esters is 1. The first-order chi connectivity index (χ1) is 34.8. The highest BCUT2D eigenvalue weighted by atomic mass is 16.6. The molecule has 0 spiro atoms. The van der Waals surface area contributed by atoms with Crippen LogP contribution in [0.5, 0.6) is 0 Å². The molecule has 0 radical (unpaired) electrons. The fraction of sp³-hybridized carbons (Fsp3) is 0.711. The summed E-state index contributed by atoms with van der Waals surface area (Å²) in [6, 6.07) is -1.79. The van der Waals surface area contributed by atoms with E-state index >= 15 is 0 Å². The van der Waals surface area contributed by atoms with E-state index in [4.69, 9.17) is 72.0 Å². The number of amides is 2. The minimum absolute atomic E-state index is 0.0124. The number of aliphatic carboxylic acids is 2. The SMILES string of the molecule is C#CCOCCOCCOCCOCCC(=O)N(CCCCCC(=O)O[C@@H]([C@@H]1OC(C(=O)O)=C[C@H](N=C(N)N)[C@H]1C)[C@H](O)CO)CCOCCNC(=O)OC[C@@H](O)[C@@H](O)[C@@H]1OC(C(=O)O)=C[C@H](N=C(N)N)[C@H]1C. The van der Waals surface area contributed by atoms with Crippen molar-refractivity contribution < 1.29 is 97.2 Å². The van der Waals surface area contributed by atoms with Crippen LogP contribution in [-0.2, 0) is 61.8 Å². The van der Waals surface area contributed by atoms with Gasteiger partial charge in [-0.25, -0.2) is 24.4 Å². The third kappa shape index (κ3) is 24.5. The Morgan fingerprint density at radius 1 is 0.726 bits per heavy atom. The Morgan fingerprint density at radius 3 is 1.81 bits per heavy atom. The maximum absolute atomic E-state index is 13.3. The summed E-state index contributed by atoms with van der Waals surface area (Å²) >= 11 is 0. The maximum Gasteiger partial charge on any atom is 0.407 e. The summed E-state index contributed by atoms with van der Waals surface area (Å²) in [5.74, 6) is -4.67. The first-order valence-electron chi connectivity index (χ1n) is 23.6. The largest absolute Gasteiger partial charge is 0.480 e. The van der Waals surface area contributed by atoms with Gasteiger partial charge in [0, 0.05) is 37.9 Å². The number of carboxylic acids is 2. The summed E-state index contributed by atoms with van der Waals surface area (Å²) in [6.45, 7) is 4.26. The van der Waals surface area contributed by atoms with Gasteiger partial charge >= 0.3 is 24.0 Å². The highest BCUT2D eigenvalue weighted by Crippen LogP contribution is 2.31. The second-order valence-electron chi connectivity index (χ2n) is 16.6. The van der Waals surface area contributed by atoms with E-state index < -0.39 is 109 Å². The van der Waals surface area contributed by atoms with E-state index in [1.165, 1.54) is 12.2 Å². The number of nitrogens with one attached hydrogen (secondary N) is 1. The van der Waals surface area contributed by atoms with Crippen LogP contribution in [0.25, 0.3) is 0 Å². The van der Waals surface area contributed by atoms with Gasteiger partial charge < -0.3 is 106 Å². The summed E-state index contributed by atoms with van der Waals surface area (Å²) in [5, 5.41) is 63.2. The minimum atomic E-state index is -1.71. The topological polar surface area (TPSA) is 434 Å². The molecule has 0 unspecified atom stereocenters. The van der Waals surface area contributed by atoms with Crippen LogP contribution in [0.15, 0.2) is 33.7 Å². The molecule has 0 fully saturated rings. The van der Waals surface area contributed by atoms with Gasteiger partial charge in [0.15, 0.2) is 18.0 Å². The highest BCUT2D eigenvalue weighted by Gasteiger charge is 2.44. The number of nitrogens with zero attached hydrogens (tertiary/aromatic N) is 3. The lowest BCUT2D eigenvalue weighted by atomic mass is 9.87. The molecule has 0 aliphatic carbocycles. The summed E-state index contributed by atoms with van der Waals surface area (Å²) < 4.78 is 48.7. The number of terminal acetylenes is 1. The van der Waals surface area contributed by atoms with Gasteiger partial charge in [-0.2, -0.15) is 0 Å². The average molecular weight is 1050 g/mol. The Morgan fingerprint density at radius 2 is 1.26 bits per heavy atom. The zero-order chi connectivity index (χ0) is 54.3. The summed E-state index contributed by atoms with van der Waals surface area (Å²) in [7, 11) is 0. The lowest BCUT2D eigenvalue weighted by molar-refractivity contribution is -0.176. The van der Waals surface area contributed by atoms with E-state index in [9.17, 15) is 54.6 Å². The van der Waals surface area contributed by atoms with Crippen LogP contribution in [-0.4, -0.2) is 225 Å². The number of hydrogen-bond acceptors (Lipinski definition) is 20. The molecule has 0 saturated heterocycles. The molecule has 28 heteroatoms. The number of carbonyl (C=O) groups excluding carboxylic acids is 3. The van der Waals surface area contributed by atoms with E-state index in [1.807, 2.05) is 0 Å². The van der Waals surface area contributed by atoms with Crippen LogP contribution in [0.4, 0.5) is 4.79 Å². The zero-order valence-corrected chi connectivity index (χ0v) is 41.2. The Hall–Kier alpha value is -6.03. The summed E-state index contributed by atoms with van der Waals surface area (Å²) in [5.41, 5.74) is 22.0. The van der Waals surface area contributed by atoms with Crippen molar-refractivity contribution in [1.82, 2.24) is 10.2 Å². The number of unbranched alkanes of at least 4 members (excludes halogenated alkanes) is 2. The summed E-state index contributed by atoms with van der Waals surface area (Å²) in [4.78, 5) is 71.7. The molecule has 2 aliphatic heterocycles. The molecule has 2 aliphatic rings. The first kappa shape index (κ1) is 63.1. The number of aliphatic imine (C=N–C) groups is 2. The number of ether oxygens (including phenoxy) is 9. The number of carboxylic acid groups (broad SMARTS) is 2. The molecular formula is C45H74N8O20. The number of rotatable bonds is 37. The van der Waals surface area contributed by atoms with Crippen LogP contribution in [0.2, 0.25) is 0 Å².